The van der Waals surface area contributed by atoms with Gasteiger partial charge in [0, 0.05) is 22.5 Å². The summed E-state index contributed by atoms with van der Waals surface area (Å²) < 4.78 is 26.1. The zero-order chi connectivity index (χ0) is 14.7. The zero-order valence-electron chi connectivity index (χ0n) is 10.4. The Morgan fingerprint density at radius 2 is 1.60 bits per heavy atom. The Hall–Kier alpha value is -1.16. The molecule has 0 saturated heterocycles. The summed E-state index contributed by atoms with van der Waals surface area (Å²) in [6, 6.07) is 8.16. The molecular formula is C15H12Cl2F2O. The van der Waals surface area contributed by atoms with Crippen LogP contribution in [-0.4, -0.2) is 11.2 Å². The van der Waals surface area contributed by atoms with Crippen LogP contribution in [0.5, 0.6) is 0 Å². The van der Waals surface area contributed by atoms with Crippen LogP contribution in [0.15, 0.2) is 36.4 Å². The first-order valence-corrected chi connectivity index (χ1v) is 6.76. The van der Waals surface area contributed by atoms with Gasteiger partial charge in [-0.25, -0.2) is 8.78 Å². The van der Waals surface area contributed by atoms with Crippen molar-refractivity contribution in [3.05, 3.63) is 69.2 Å². The summed E-state index contributed by atoms with van der Waals surface area (Å²) in [7, 11) is 0. The number of benzene rings is 2. The first-order chi connectivity index (χ1) is 9.44. The van der Waals surface area contributed by atoms with Gasteiger partial charge in [-0.1, -0.05) is 23.2 Å². The van der Waals surface area contributed by atoms with Gasteiger partial charge >= 0.3 is 0 Å². The summed E-state index contributed by atoms with van der Waals surface area (Å²) in [6.45, 7) is 0. The monoisotopic (exact) mass is 316 g/mol. The largest absolute Gasteiger partial charge is 0.392 e. The van der Waals surface area contributed by atoms with Crippen LogP contribution in [-0.2, 0) is 12.8 Å². The van der Waals surface area contributed by atoms with Gasteiger partial charge in [0.15, 0.2) is 0 Å². The molecule has 2 aromatic carbocycles. The van der Waals surface area contributed by atoms with E-state index in [4.69, 9.17) is 23.2 Å². The molecule has 0 aliphatic rings. The fraction of sp³-hybridized carbons (Fsp3) is 0.200. The SMILES string of the molecule is OC(Cc1cc(F)cc(F)c1)Cc1cc(Cl)ccc1Cl. The first kappa shape index (κ1) is 15.2. The molecule has 0 fully saturated rings. The second-order valence-corrected chi connectivity index (χ2v) is 5.42. The molecule has 0 aliphatic heterocycles. The molecule has 20 heavy (non-hydrogen) atoms. The van der Waals surface area contributed by atoms with Crippen molar-refractivity contribution < 1.29 is 13.9 Å². The number of halogens is 4. The van der Waals surface area contributed by atoms with E-state index in [0.717, 1.165) is 6.07 Å². The average molecular weight is 317 g/mol. The van der Waals surface area contributed by atoms with Crippen LogP contribution in [0.3, 0.4) is 0 Å². The van der Waals surface area contributed by atoms with Crippen molar-refractivity contribution in [2.75, 3.05) is 0 Å². The van der Waals surface area contributed by atoms with Crippen LogP contribution in [0.4, 0.5) is 8.78 Å². The molecule has 1 unspecified atom stereocenters. The highest BCUT2D eigenvalue weighted by atomic mass is 35.5. The minimum Gasteiger partial charge on any atom is -0.392 e. The standard InChI is InChI=1S/C15H12Cl2F2O/c16-11-1-2-15(17)10(6-11)7-14(20)5-9-3-12(18)8-13(19)4-9/h1-4,6,8,14,20H,5,7H2. The lowest BCUT2D eigenvalue weighted by atomic mass is 10.0. The van der Waals surface area contributed by atoms with E-state index in [1.54, 1.807) is 18.2 Å². The lowest BCUT2D eigenvalue weighted by molar-refractivity contribution is 0.175. The van der Waals surface area contributed by atoms with Crippen molar-refractivity contribution in [2.45, 2.75) is 18.9 Å². The summed E-state index contributed by atoms with van der Waals surface area (Å²) >= 11 is 11.9. The molecule has 0 amide bonds. The lowest BCUT2D eigenvalue weighted by Crippen LogP contribution is -2.14. The number of hydrogen-bond acceptors (Lipinski definition) is 1. The highest BCUT2D eigenvalue weighted by Gasteiger charge is 2.11. The van der Waals surface area contributed by atoms with Gasteiger partial charge in [-0.3, -0.25) is 0 Å². The molecule has 0 bridgehead atoms. The van der Waals surface area contributed by atoms with E-state index in [-0.39, 0.29) is 12.8 Å². The van der Waals surface area contributed by atoms with Gasteiger partial charge in [0.25, 0.3) is 0 Å². The Balaban J connectivity index is 2.08. The zero-order valence-corrected chi connectivity index (χ0v) is 11.9. The Morgan fingerprint density at radius 1 is 0.950 bits per heavy atom. The maximum absolute atomic E-state index is 13.1. The highest BCUT2D eigenvalue weighted by Crippen LogP contribution is 2.23. The Morgan fingerprint density at radius 3 is 2.25 bits per heavy atom. The second kappa shape index (κ2) is 6.53. The molecule has 1 atom stereocenters. The Bertz CT molecular complexity index is 597. The van der Waals surface area contributed by atoms with E-state index in [1.165, 1.54) is 12.1 Å². The average Bonchev–Trinajstić information content (AvgIpc) is 2.32. The molecule has 1 N–H and O–H groups in total. The number of aliphatic hydroxyl groups is 1. The van der Waals surface area contributed by atoms with Gasteiger partial charge in [-0.2, -0.15) is 0 Å². The molecule has 0 aromatic heterocycles. The third-order valence-corrected chi connectivity index (χ3v) is 3.46. The second-order valence-electron chi connectivity index (χ2n) is 4.58. The Labute approximate surface area is 125 Å². The van der Waals surface area contributed by atoms with Gasteiger partial charge in [0.1, 0.15) is 11.6 Å². The predicted octanol–water partition coefficient (Wildman–Crippen LogP) is 4.42. The van der Waals surface area contributed by atoms with Crippen LogP contribution in [0.25, 0.3) is 0 Å². The van der Waals surface area contributed by atoms with Crippen molar-refractivity contribution in [1.82, 2.24) is 0 Å². The van der Waals surface area contributed by atoms with E-state index >= 15 is 0 Å². The predicted molar refractivity (Wildman–Crippen MR) is 76.2 cm³/mol. The summed E-state index contributed by atoms with van der Waals surface area (Å²) in [5, 5.41) is 11.0. The van der Waals surface area contributed by atoms with Crippen LogP contribution in [0.2, 0.25) is 10.0 Å². The Kier molecular flexibility index (Phi) is 4.97. The minimum absolute atomic E-state index is 0.136. The third-order valence-electron chi connectivity index (χ3n) is 2.86. The molecule has 2 rings (SSSR count). The summed E-state index contributed by atoms with van der Waals surface area (Å²) in [4.78, 5) is 0. The van der Waals surface area contributed by atoms with Crippen LogP contribution < -0.4 is 0 Å². The van der Waals surface area contributed by atoms with Crippen LogP contribution >= 0.6 is 23.2 Å². The molecule has 106 valence electrons. The molecule has 2 aromatic rings. The van der Waals surface area contributed by atoms with Crippen LogP contribution in [0, 0.1) is 11.6 Å². The molecule has 0 radical (unpaired) electrons. The van der Waals surface area contributed by atoms with E-state index in [2.05, 4.69) is 0 Å². The molecule has 0 aliphatic carbocycles. The summed E-state index contributed by atoms with van der Waals surface area (Å²) in [5.74, 6) is -1.32. The highest BCUT2D eigenvalue weighted by molar-refractivity contribution is 6.33. The fourth-order valence-electron chi connectivity index (χ4n) is 2.03. The minimum atomic E-state index is -0.799. The van der Waals surface area contributed by atoms with E-state index in [0.29, 0.717) is 21.2 Å². The third kappa shape index (κ3) is 4.17. The molecule has 0 heterocycles. The van der Waals surface area contributed by atoms with Gasteiger partial charge in [0.05, 0.1) is 6.10 Å². The van der Waals surface area contributed by atoms with Crippen molar-refractivity contribution in [1.29, 1.82) is 0 Å². The van der Waals surface area contributed by atoms with Gasteiger partial charge in [0.2, 0.25) is 0 Å². The van der Waals surface area contributed by atoms with Crippen molar-refractivity contribution in [2.24, 2.45) is 0 Å². The maximum atomic E-state index is 13.1. The lowest BCUT2D eigenvalue weighted by Gasteiger charge is -2.12. The normalized spacial score (nSPS) is 12.4. The summed E-state index contributed by atoms with van der Waals surface area (Å²) in [5.41, 5.74) is 1.09. The molecule has 5 heteroatoms. The smallest absolute Gasteiger partial charge is 0.126 e. The van der Waals surface area contributed by atoms with Crippen molar-refractivity contribution in [3.63, 3.8) is 0 Å². The molecule has 0 spiro atoms. The van der Waals surface area contributed by atoms with E-state index in [9.17, 15) is 13.9 Å². The van der Waals surface area contributed by atoms with Crippen molar-refractivity contribution >= 4 is 23.2 Å². The van der Waals surface area contributed by atoms with E-state index in [1.807, 2.05) is 0 Å². The van der Waals surface area contributed by atoms with Gasteiger partial charge in [-0.05, 0) is 47.9 Å². The topological polar surface area (TPSA) is 20.2 Å². The summed E-state index contributed by atoms with van der Waals surface area (Å²) in [6.07, 6.45) is -0.401. The van der Waals surface area contributed by atoms with Gasteiger partial charge in [-0.15, -0.1) is 0 Å². The molecular weight excluding hydrogens is 305 g/mol. The quantitative estimate of drug-likeness (QED) is 0.885. The molecule has 1 nitrogen and oxygen atoms in total. The maximum Gasteiger partial charge on any atom is 0.126 e. The number of aliphatic hydroxyl groups excluding tert-OH is 1. The van der Waals surface area contributed by atoms with Gasteiger partial charge < -0.3 is 5.11 Å². The number of rotatable bonds is 4. The molecule has 0 saturated carbocycles. The van der Waals surface area contributed by atoms with E-state index < -0.39 is 17.7 Å². The fourth-order valence-corrected chi connectivity index (χ4v) is 2.42. The van der Waals surface area contributed by atoms with Crippen molar-refractivity contribution in [3.8, 4) is 0 Å². The number of hydrogen-bond donors (Lipinski definition) is 1. The first-order valence-electron chi connectivity index (χ1n) is 6.01. The van der Waals surface area contributed by atoms with Crippen LogP contribution in [0.1, 0.15) is 11.1 Å².